The van der Waals surface area contributed by atoms with Gasteiger partial charge in [0, 0.05) is 0 Å². The largest absolute Gasteiger partial charge is 0.477 e. The standard InChI is InChI=1S/C15H12N2O4S2/c1-9-11(22-8-16)13(23-12(9)14(18)19)17-15(20)21-7-10-5-3-2-4-6-10/h2-6H,7H2,1H3,(H,17,20)(H,18,19). The molecule has 2 aromatic rings. The number of thioether (sulfide) groups is 1. The minimum atomic E-state index is -1.10. The summed E-state index contributed by atoms with van der Waals surface area (Å²) in [7, 11) is 0. The van der Waals surface area contributed by atoms with Crippen LogP contribution in [-0.4, -0.2) is 17.2 Å². The topological polar surface area (TPSA) is 99.4 Å². The van der Waals surface area contributed by atoms with Crippen molar-refractivity contribution in [3.8, 4) is 5.40 Å². The smallest absolute Gasteiger partial charge is 0.412 e. The van der Waals surface area contributed by atoms with Gasteiger partial charge in [-0.3, -0.25) is 5.32 Å². The lowest BCUT2D eigenvalue weighted by Crippen LogP contribution is -2.13. The van der Waals surface area contributed by atoms with Gasteiger partial charge in [-0.2, -0.15) is 5.26 Å². The Morgan fingerprint density at radius 3 is 2.70 bits per heavy atom. The summed E-state index contributed by atoms with van der Waals surface area (Å²) in [6.45, 7) is 1.70. The van der Waals surface area contributed by atoms with E-state index in [0.717, 1.165) is 28.7 Å². The molecule has 1 amide bonds. The normalized spacial score (nSPS) is 9.91. The average Bonchev–Trinajstić information content (AvgIpc) is 2.84. The molecule has 0 bridgehead atoms. The third kappa shape index (κ3) is 4.25. The van der Waals surface area contributed by atoms with E-state index in [9.17, 15) is 9.59 Å². The molecule has 0 aliphatic rings. The summed E-state index contributed by atoms with van der Waals surface area (Å²) < 4.78 is 5.09. The van der Waals surface area contributed by atoms with Gasteiger partial charge in [-0.1, -0.05) is 30.3 Å². The van der Waals surface area contributed by atoms with Gasteiger partial charge in [-0.05, 0) is 29.8 Å². The molecule has 0 fully saturated rings. The number of nitrogens with zero attached hydrogens (tertiary/aromatic N) is 1. The number of hydrogen-bond acceptors (Lipinski definition) is 6. The van der Waals surface area contributed by atoms with Gasteiger partial charge in [-0.15, -0.1) is 11.3 Å². The fraction of sp³-hybridized carbons (Fsp3) is 0.133. The van der Waals surface area contributed by atoms with E-state index in [1.807, 2.05) is 35.7 Å². The SMILES string of the molecule is Cc1c(C(=O)O)sc(NC(=O)OCc2ccccc2)c1SC#N. The summed E-state index contributed by atoms with van der Waals surface area (Å²) in [6, 6.07) is 9.17. The summed E-state index contributed by atoms with van der Waals surface area (Å²) in [5.74, 6) is -1.10. The van der Waals surface area contributed by atoms with Crippen LogP contribution in [0, 0.1) is 17.6 Å². The van der Waals surface area contributed by atoms with E-state index in [-0.39, 0.29) is 11.5 Å². The zero-order valence-electron chi connectivity index (χ0n) is 12.0. The highest BCUT2D eigenvalue weighted by atomic mass is 32.2. The number of ether oxygens (including phenoxy) is 1. The Bertz CT molecular complexity index is 766. The number of amides is 1. The van der Waals surface area contributed by atoms with Gasteiger partial charge < -0.3 is 9.84 Å². The van der Waals surface area contributed by atoms with Crippen LogP contribution in [0.2, 0.25) is 0 Å². The van der Waals surface area contributed by atoms with Gasteiger partial charge in [0.25, 0.3) is 0 Å². The van der Waals surface area contributed by atoms with E-state index >= 15 is 0 Å². The number of thiophene rings is 1. The molecule has 6 nitrogen and oxygen atoms in total. The minimum Gasteiger partial charge on any atom is -0.477 e. The Morgan fingerprint density at radius 2 is 2.09 bits per heavy atom. The molecule has 1 aromatic carbocycles. The first kappa shape index (κ1) is 16.9. The number of benzene rings is 1. The Morgan fingerprint density at radius 1 is 1.39 bits per heavy atom. The van der Waals surface area contributed by atoms with Crippen molar-refractivity contribution in [3.63, 3.8) is 0 Å². The second-order valence-corrected chi connectivity index (χ2v) is 6.22. The fourth-order valence-electron chi connectivity index (χ4n) is 1.81. The van der Waals surface area contributed by atoms with Gasteiger partial charge in [0.1, 0.15) is 21.9 Å². The van der Waals surface area contributed by atoms with Crippen LogP contribution in [-0.2, 0) is 11.3 Å². The molecule has 0 atom stereocenters. The molecule has 0 aliphatic heterocycles. The summed E-state index contributed by atoms with van der Waals surface area (Å²) in [5, 5.41) is 22.6. The maximum absolute atomic E-state index is 11.9. The lowest BCUT2D eigenvalue weighted by Gasteiger charge is -2.06. The summed E-state index contributed by atoms with van der Waals surface area (Å²) in [4.78, 5) is 23.5. The second-order valence-electron chi connectivity index (χ2n) is 4.40. The maximum Gasteiger partial charge on any atom is 0.412 e. The quantitative estimate of drug-likeness (QED) is 0.624. The summed E-state index contributed by atoms with van der Waals surface area (Å²) in [5.41, 5.74) is 1.29. The molecule has 0 saturated heterocycles. The van der Waals surface area contributed by atoms with Crippen LogP contribution >= 0.6 is 23.1 Å². The van der Waals surface area contributed by atoms with Crippen LogP contribution in [0.3, 0.4) is 0 Å². The highest BCUT2D eigenvalue weighted by molar-refractivity contribution is 8.04. The number of carboxylic acids is 1. The lowest BCUT2D eigenvalue weighted by atomic mass is 10.2. The molecule has 8 heteroatoms. The highest BCUT2D eigenvalue weighted by Gasteiger charge is 2.21. The van der Waals surface area contributed by atoms with Crippen molar-refractivity contribution in [2.24, 2.45) is 0 Å². The fourth-order valence-corrected chi connectivity index (χ4v) is 3.54. The van der Waals surface area contributed by atoms with E-state index in [1.54, 1.807) is 6.92 Å². The number of nitrogens with one attached hydrogen (secondary N) is 1. The molecule has 0 unspecified atom stereocenters. The summed E-state index contributed by atoms with van der Waals surface area (Å²) in [6.07, 6.45) is -0.702. The second kappa shape index (κ2) is 7.67. The van der Waals surface area contributed by atoms with Gasteiger partial charge in [0.2, 0.25) is 0 Å². The molecule has 118 valence electrons. The average molecular weight is 348 g/mol. The number of nitriles is 1. The van der Waals surface area contributed by atoms with E-state index in [2.05, 4.69) is 5.32 Å². The molecule has 0 saturated carbocycles. The third-order valence-electron chi connectivity index (χ3n) is 2.86. The van der Waals surface area contributed by atoms with E-state index in [4.69, 9.17) is 15.1 Å². The number of thiocyanates is 1. The molecular formula is C15H12N2O4S2. The third-order valence-corrected chi connectivity index (χ3v) is 4.99. The lowest BCUT2D eigenvalue weighted by molar-refractivity contribution is 0.0701. The van der Waals surface area contributed by atoms with Crippen LogP contribution in [0.4, 0.5) is 9.80 Å². The van der Waals surface area contributed by atoms with Crippen LogP contribution in [0.5, 0.6) is 0 Å². The van der Waals surface area contributed by atoms with Crippen molar-refractivity contribution >= 4 is 40.2 Å². The first-order chi connectivity index (χ1) is 11.0. The molecule has 0 radical (unpaired) electrons. The zero-order chi connectivity index (χ0) is 16.8. The van der Waals surface area contributed by atoms with Gasteiger partial charge in [0.15, 0.2) is 0 Å². The van der Waals surface area contributed by atoms with E-state index < -0.39 is 12.1 Å². The first-order valence-corrected chi connectivity index (χ1v) is 8.06. The van der Waals surface area contributed by atoms with Gasteiger partial charge >= 0.3 is 12.1 Å². The van der Waals surface area contributed by atoms with Crippen LogP contribution in [0.15, 0.2) is 35.2 Å². The molecule has 2 N–H and O–H groups in total. The Balaban J connectivity index is 2.09. The maximum atomic E-state index is 11.9. The van der Waals surface area contributed by atoms with E-state index in [0.29, 0.717) is 15.5 Å². The highest BCUT2D eigenvalue weighted by Crippen LogP contribution is 2.39. The molecule has 0 aliphatic carbocycles. The van der Waals surface area contributed by atoms with Gasteiger partial charge in [-0.25, -0.2) is 9.59 Å². The van der Waals surface area contributed by atoms with Crippen molar-refractivity contribution in [3.05, 3.63) is 46.3 Å². The monoisotopic (exact) mass is 348 g/mol. The molecule has 0 spiro atoms. The van der Waals surface area contributed by atoms with Crippen LogP contribution in [0.1, 0.15) is 20.8 Å². The zero-order valence-corrected chi connectivity index (χ0v) is 13.7. The number of rotatable bonds is 5. The number of carboxylic acid groups (broad SMARTS) is 1. The number of anilines is 1. The first-order valence-electron chi connectivity index (χ1n) is 6.43. The van der Waals surface area contributed by atoms with Gasteiger partial charge in [0.05, 0.1) is 4.90 Å². The van der Waals surface area contributed by atoms with Crippen molar-refractivity contribution in [2.75, 3.05) is 5.32 Å². The number of carbonyl (C=O) groups excluding carboxylic acids is 1. The van der Waals surface area contributed by atoms with Crippen LogP contribution < -0.4 is 5.32 Å². The Labute approximate surface area is 140 Å². The predicted molar refractivity (Wildman–Crippen MR) is 87.7 cm³/mol. The Kier molecular flexibility index (Phi) is 5.62. The number of hydrogen-bond donors (Lipinski definition) is 2. The molecule has 1 heterocycles. The molecule has 23 heavy (non-hydrogen) atoms. The van der Waals surface area contributed by atoms with Crippen molar-refractivity contribution < 1.29 is 19.4 Å². The number of carbonyl (C=O) groups is 2. The molecular weight excluding hydrogens is 336 g/mol. The molecule has 1 aromatic heterocycles. The molecule has 2 rings (SSSR count). The van der Waals surface area contributed by atoms with E-state index in [1.165, 1.54) is 0 Å². The van der Waals surface area contributed by atoms with Crippen molar-refractivity contribution in [1.82, 2.24) is 0 Å². The van der Waals surface area contributed by atoms with Crippen molar-refractivity contribution in [2.45, 2.75) is 18.4 Å². The summed E-state index contributed by atoms with van der Waals surface area (Å²) >= 11 is 1.71. The predicted octanol–water partition coefficient (Wildman–Crippen LogP) is 4.08. The minimum absolute atomic E-state index is 0.0844. The van der Waals surface area contributed by atoms with Crippen molar-refractivity contribution in [1.29, 1.82) is 5.26 Å². The Hall–Kier alpha value is -2.50. The number of aromatic carboxylic acids is 1. The van der Waals surface area contributed by atoms with Crippen LogP contribution in [0.25, 0.3) is 0 Å².